The first kappa shape index (κ1) is 10.5. The largest absolute Gasteiger partial charge is 0.496 e. The number of rotatable bonds is 3. The molecular formula is C12H13NO3. The zero-order chi connectivity index (χ0) is 11.5. The lowest BCUT2D eigenvalue weighted by molar-refractivity contribution is 0.0526. The van der Waals surface area contributed by atoms with E-state index in [1.807, 2.05) is 12.3 Å². The molecule has 0 saturated carbocycles. The highest BCUT2D eigenvalue weighted by Crippen LogP contribution is 2.26. The lowest BCUT2D eigenvalue weighted by Crippen LogP contribution is -2.04. The molecule has 0 amide bonds. The Balaban J connectivity index is 2.51. The molecule has 0 aliphatic heterocycles. The molecule has 4 heteroatoms. The summed E-state index contributed by atoms with van der Waals surface area (Å²) >= 11 is 0. The second kappa shape index (κ2) is 4.26. The van der Waals surface area contributed by atoms with Gasteiger partial charge in [0.1, 0.15) is 5.75 Å². The smallest absolute Gasteiger partial charge is 0.338 e. The van der Waals surface area contributed by atoms with Gasteiger partial charge in [-0.3, -0.25) is 0 Å². The average molecular weight is 219 g/mol. The number of H-pyrrole nitrogens is 1. The highest BCUT2D eigenvalue weighted by molar-refractivity contribution is 5.97. The van der Waals surface area contributed by atoms with Crippen molar-refractivity contribution >= 4 is 16.9 Å². The molecule has 1 aromatic carbocycles. The lowest BCUT2D eigenvalue weighted by atomic mass is 10.1. The Morgan fingerprint density at radius 1 is 1.44 bits per heavy atom. The molecule has 0 aliphatic rings. The molecule has 0 aliphatic carbocycles. The Morgan fingerprint density at radius 2 is 2.25 bits per heavy atom. The number of hydrogen-bond acceptors (Lipinski definition) is 3. The van der Waals surface area contributed by atoms with Crippen molar-refractivity contribution in [3.05, 3.63) is 30.0 Å². The van der Waals surface area contributed by atoms with Crippen molar-refractivity contribution in [3.8, 4) is 5.75 Å². The average Bonchev–Trinajstić information content (AvgIpc) is 2.75. The van der Waals surface area contributed by atoms with Crippen molar-refractivity contribution in [1.29, 1.82) is 0 Å². The number of methoxy groups -OCH3 is 1. The number of esters is 1. The highest BCUT2D eigenvalue weighted by atomic mass is 16.5. The summed E-state index contributed by atoms with van der Waals surface area (Å²) in [6.45, 7) is 2.15. The van der Waals surface area contributed by atoms with Crippen LogP contribution in [0.15, 0.2) is 24.4 Å². The molecule has 2 aromatic rings. The molecule has 0 saturated heterocycles. The van der Waals surface area contributed by atoms with Gasteiger partial charge >= 0.3 is 5.97 Å². The van der Waals surface area contributed by atoms with Crippen molar-refractivity contribution in [2.45, 2.75) is 6.92 Å². The van der Waals surface area contributed by atoms with Gasteiger partial charge in [-0.05, 0) is 25.1 Å². The third kappa shape index (κ3) is 1.74. The van der Waals surface area contributed by atoms with Gasteiger partial charge < -0.3 is 14.5 Å². The minimum Gasteiger partial charge on any atom is -0.496 e. The predicted molar refractivity (Wildman–Crippen MR) is 60.8 cm³/mol. The van der Waals surface area contributed by atoms with E-state index >= 15 is 0 Å². The summed E-state index contributed by atoms with van der Waals surface area (Å²) in [5.41, 5.74) is 1.36. The molecule has 1 heterocycles. The van der Waals surface area contributed by atoms with Crippen LogP contribution in [0.3, 0.4) is 0 Å². The molecule has 2 rings (SSSR count). The predicted octanol–water partition coefficient (Wildman–Crippen LogP) is 2.35. The zero-order valence-corrected chi connectivity index (χ0v) is 9.24. The Labute approximate surface area is 93.2 Å². The van der Waals surface area contributed by atoms with Crippen molar-refractivity contribution in [2.75, 3.05) is 13.7 Å². The van der Waals surface area contributed by atoms with E-state index < -0.39 is 0 Å². The summed E-state index contributed by atoms with van der Waals surface area (Å²) in [7, 11) is 1.58. The van der Waals surface area contributed by atoms with Gasteiger partial charge in [-0.25, -0.2) is 4.79 Å². The molecule has 4 nitrogen and oxygen atoms in total. The Kier molecular flexibility index (Phi) is 2.81. The summed E-state index contributed by atoms with van der Waals surface area (Å²) in [6, 6.07) is 5.35. The quantitative estimate of drug-likeness (QED) is 0.806. The van der Waals surface area contributed by atoms with Crippen LogP contribution in [0.2, 0.25) is 0 Å². The van der Waals surface area contributed by atoms with Crippen LogP contribution in [-0.2, 0) is 4.74 Å². The SMILES string of the molecule is CCOC(=O)c1cc(OC)c2cc[nH]c2c1. The second-order valence-corrected chi connectivity index (χ2v) is 3.34. The summed E-state index contributed by atoms with van der Waals surface area (Å²) < 4.78 is 10.2. The first-order valence-electron chi connectivity index (χ1n) is 5.08. The molecule has 84 valence electrons. The topological polar surface area (TPSA) is 51.3 Å². The summed E-state index contributed by atoms with van der Waals surface area (Å²) in [6.07, 6.45) is 1.81. The van der Waals surface area contributed by atoms with Gasteiger partial charge in [0.15, 0.2) is 0 Å². The molecule has 0 spiro atoms. The number of aromatic amines is 1. The van der Waals surface area contributed by atoms with Crippen molar-refractivity contribution in [1.82, 2.24) is 4.98 Å². The van der Waals surface area contributed by atoms with Crippen LogP contribution in [0.4, 0.5) is 0 Å². The number of nitrogens with one attached hydrogen (secondary N) is 1. The number of ether oxygens (including phenoxy) is 2. The maximum atomic E-state index is 11.6. The number of fused-ring (bicyclic) bond motifs is 1. The maximum absolute atomic E-state index is 11.6. The fourth-order valence-electron chi connectivity index (χ4n) is 1.63. The third-order valence-electron chi connectivity index (χ3n) is 2.36. The minimum absolute atomic E-state index is 0.336. The first-order chi connectivity index (χ1) is 7.76. The summed E-state index contributed by atoms with van der Waals surface area (Å²) in [5, 5.41) is 0.954. The Hall–Kier alpha value is -1.97. The molecule has 0 atom stereocenters. The van der Waals surface area contributed by atoms with Gasteiger partial charge in [-0.1, -0.05) is 0 Å². The van der Waals surface area contributed by atoms with Crippen LogP contribution in [0.25, 0.3) is 10.9 Å². The molecule has 1 aromatic heterocycles. The van der Waals surface area contributed by atoms with E-state index in [1.54, 1.807) is 26.2 Å². The van der Waals surface area contributed by atoms with E-state index in [1.165, 1.54) is 0 Å². The van der Waals surface area contributed by atoms with Crippen LogP contribution < -0.4 is 4.74 Å². The van der Waals surface area contributed by atoms with Gasteiger partial charge in [0.05, 0.1) is 19.3 Å². The van der Waals surface area contributed by atoms with E-state index in [2.05, 4.69) is 4.98 Å². The summed E-state index contributed by atoms with van der Waals surface area (Å²) in [4.78, 5) is 14.6. The fourth-order valence-corrected chi connectivity index (χ4v) is 1.63. The lowest BCUT2D eigenvalue weighted by Gasteiger charge is -2.06. The van der Waals surface area contributed by atoms with Gasteiger partial charge in [-0.2, -0.15) is 0 Å². The number of hydrogen-bond donors (Lipinski definition) is 1. The number of benzene rings is 1. The van der Waals surface area contributed by atoms with Crippen molar-refractivity contribution in [2.24, 2.45) is 0 Å². The third-order valence-corrected chi connectivity index (χ3v) is 2.36. The Morgan fingerprint density at radius 3 is 2.94 bits per heavy atom. The molecular weight excluding hydrogens is 206 g/mol. The van der Waals surface area contributed by atoms with Crippen LogP contribution in [0, 0.1) is 0 Å². The number of carbonyl (C=O) groups is 1. The molecule has 0 bridgehead atoms. The zero-order valence-electron chi connectivity index (χ0n) is 9.24. The minimum atomic E-state index is -0.336. The van der Waals surface area contributed by atoms with Gasteiger partial charge in [0.2, 0.25) is 0 Å². The molecule has 0 fully saturated rings. The molecule has 0 unspecified atom stereocenters. The van der Waals surface area contributed by atoms with Crippen LogP contribution in [0.1, 0.15) is 17.3 Å². The van der Waals surface area contributed by atoms with E-state index in [9.17, 15) is 4.79 Å². The fraction of sp³-hybridized carbons (Fsp3) is 0.250. The monoisotopic (exact) mass is 219 g/mol. The van der Waals surface area contributed by atoms with Crippen molar-refractivity contribution in [3.63, 3.8) is 0 Å². The van der Waals surface area contributed by atoms with E-state index in [-0.39, 0.29) is 5.97 Å². The van der Waals surface area contributed by atoms with E-state index in [4.69, 9.17) is 9.47 Å². The number of carbonyl (C=O) groups excluding carboxylic acids is 1. The number of aromatic nitrogens is 1. The maximum Gasteiger partial charge on any atom is 0.338 e. The normalized spacial score (nSPS) is 10.4. The standard InChI is InChI=1S/C12H13NO3/c1-3-16-12(14)8-6-10-9(4-5-13-10)11(7-8)15-2/h4-7,13H,3H2,1-2H3. The van der Waals surface area contributed by atoms with Crippen LogP contribution >= 0.6 is 0 Å². The first-order valence-corrected chi connectivity index (χ1v) is 5.08. The van der Waals surface area contributed by atoms with Gasteiger partial charge in [-0.15, -0.1) is 0 Å². The van der Waals surface area contributed by atoms with E-state index in [0.717, 1.165) is 10.9 Å². The summed E-state index contributed by atoms with van der Waals surface area (Å²) in [5.74, 6) is 0.333. The van der Waals surface area contributed by atoms with Crippen LogP contribution in [0.5, 0.6) is 5.75 Å². The molecule has 0 radical (unpaired) electrons. The van der Waals surface area contributed by atoms with E-state index in [0.29, 0.717) is 17.9 Å². The molecule has 16 heavy (non-hydrogen) atoms. The molecule has 1 N–H and O–H groups in total. The second-order valence-electron chi connectivity index (χ2n) is 3.34. The van der Waals surface area contributed by atoms with Gasteiger partial charge in [0.25, 0.3) is 0 Å². The van der Waals surface area contributed by atoms with Crippen LogP contribution in [-0.4, -0.2) is 24.7 Å². The highest BCUT2D eigenvalue weighted by Gasteiger charge is 2.11. The van der Waals surface area contributed by atoms with Crippen molar-refractivity contribution < 1.29 is 14.3 Å². The Bertz CT molecular complexity index is 516. The van der Waals surface area contributed by atoms with Gasteiger partial charge in [0, 0.05) is 17.1 Å².